The van der Waals surface area contributed by atoms with E-state index in [1.54, 1.807) is 61.8 Å². The van der Waals surface area contributed by atoms with Crippen LogP contribution < -0.4 is 4.74 Å². The van der Waals surface area contributed by atoms with Crippen LogP contribution in [0.25, 0.3) is 0 Å². The average molecular weight is 331 g/mol. The smallest absolute Gasteiger partial charge is 0.175 e. The number of pyridine rings is 1. The highest BCUT2D eigenvalue weighted by Gasteiger charge is 2.53. The zero-order chi connectivity index (χ0) is 17.4. The molecule has 4 nitrogen and oxygen atoms in total. The number of fused-ring (bicyclic) bond motifs is 1. The van der Waals surface area contributed by atoms with E-state index in [0.717, 1.165) is 0 Å². The monoisotopic (exact) mass is 331 g/mol. The van der Waals surface area contributed by atoms with Crippen LogP contribution in [-0.4, -0.2) is 23.0 Å². The molecule has 0 saturated carbocycles. The van der Waals surface area contributed by atoms with Gasteiger partial charge in [0.2, 0.25) is 0 Å². The van der Waals surface area contributed by atoms with Crippen molar-refractivity contribution in [2.24, 2.45) is 0 Å². The minimum absolute atomic E-state index is 0.118. The highest BCUT2D eigenvalue weighted by molar-refractivity contribution is 6.07. The van der Waals surface area contributed by atoms with E-state index in [-0.39, 0.29) is 5.78 Å². The first-order chi connectivity index (χ1) is 12.2. The van der Waals surface area contributed by atoms with Gasteiger partial charge in [-0.1, -0.05) is 42.5 Å². The van der Waals surface area contributed by atoms with Gasteiger partial charge in [-0.15, -0.1) is 0 Å². The van der Waals surface area contributed by atoms with E-state index in [2.05, 4.69) is 4.98 Å². The number of methoxy groups -OCH3 is 1. The zero-order valence-corrected chi connectivity index (χ0v) is 13.7. The second kappa shape index (κ2) is 5.83. The number of hydrogen-bond acceptors (Lipinski definition) is 4. The van der Waals surface area contributed by atoms with Crippen LogP contribution in [0.1, 0.15) is 33.1 Å². The number of carbonyl (C=O) groups excluding carboxylic acids is 1. The van der Waals surface area contributed by atoms with E-state index >= 15 is 0 Å². The molecular weight excluding hydrogens is 314 g/mol. The Kier molecular flexibility index (Phi) is 3.62. The summed E-state index contributed by atoms with van der Waals surface area (Å²) in [5.74, 6) is -0.202. The van der Waals surface area contributed by atoms with E-state index in [1.807, 2.05) is 18.2 Å². The number of nitrogens with zero attached hydrogens (tertiary/aromatic N) is 1. The van der Waals surface area contributed by atoms with E-state index in [9.17, 15) is 9.90 Å². The van der Waals surface area contributed by atoms with Crippen molar-refractivity contribution in [1.82, 2.24) is 4.98 Å². The number of ketones is 1. The normalized spacial score (nSPS) is 21.8. The molecule has 2 atom stereocenters. The van der Waals surface area contributed by atoms with Gasteiger partial charge in [0.25, 0.3) is 0 Å². The summed E-state index contributed by atoms with van der Waals surface area (Å²) in [6.07, 6.45) is 1.64. The number of ether oxygens (including phenoxy) is 1. The minimum Gasteiger partial charge on any atom is -0.497 e. The standard InChI is InChI=1S/C21H17NO3/c1-25-15-11-9-14(10-12-15)21(24)17-7-3-2-6-16(17)20(23)19(21)18-8-4-5-13-22-18/h2-13,19,24H,1H3/t19-,21+/m1/s1. The first-order valence-corrected chi connectivity index (χ1v) is 8.08. The third-order valence-electron chi connectivity index (χ3n) is 4.80. The quantitative estimate of drug-likeness (QED) is 0.800. The Morgan fingerprint density at radius 3 is 2.40 bits per heavy atom. The molecule has 0 aliphatic heterocycles. The summed E-state index contributed by atoms with van der Waals surface area (Å²) in [6.45, 7) is 0. The maximum atomic E-state index is 13.1. The van der Waals surface area contributed by atoms with Gasteiger partial charge in [-0.05, 0) is 35.4 Å². The number of rotatable bonds is 3. The van der Waals surface area contributed by atoms with Crippen LogP contribution in [-0.2, 0) is 5.60 Å². The first kappa shape index (κ1) is 15.5. The van der Waals surface area contributed by atoms with Gasteiger partial charge in [0.15, 0.2) is 5.78 Å². The summed E-state index contributed by atoms with van der Waals surface area (Å²) in [7, 11) is 1.59. The molecule has 0 amide bonds. The lowest BCUT2D eigenvalue weighted by atomic mass is 9.79. The lowest BCUT2D eigenvalue weighted by molar-refractivity contribution is 0.0523. The number of Topliss-reactive ketones (excluding diaryl/α,β-unsaturated/α-hetero) is 1. The zero-order valence-electron chi connectivity index (χ0n) is 13.7. The molecular formula is C21H17NO3. The maximum Gasteiger partial charge on any atom is 0.175 e. The van der Waals surface area contributed by atoms with Crippen LogP contribution in [0.5, 0.6) is 5.75 Å². The van der Waals surface area contributed by atoms with E-state index in [4.69, 9.17) is 4.74 Å². The molecule has 4 rings (SSSR count). The summed E-state index contributed by atoms with van der Waals surface area (Å²) >= 11 is 0. The molecule has 1 N–H and O–H groups in total. The topological polar surface area (TPSA) is 59.4 Å². The van der Waals surface area contributed by atoms with Gasteiger partial charge in [-0.25, -0.2) is 0 Å². The number of benzene rings is 2. The van der Waals surface area contributed by atoms with Crippen LogP contribution >= 0.6 is 0 Å². The van der Waals surface area contributed by atoms with Gasteiger partial charge < -0.3 is 9.84 Å². The molecule has 1 aromatic heterocycles. The molecule has 0 radical (unpaired) electrons. The van der Waals surface area contributed by atoms with Crippen molar-refractivity contribution < 1.29 is 14.6 Å². The number of aliphatic hydroxyl groups is 1. The number of carbonyl (C=O) groups is 1. The van der Waals surface area contributed by atoms with Crippen LogP contribution in [0, 0.1) is 0 Å². The molecule has 0 spiro atoms. The predicted octanol–water partition coefficient (Wildman–Crippen LogP) is 3.31. The molecule has 1 heterocycles. The Bertz CT molecular complexity index is 921. The van der Waals surface area contributed by atoms with Gasteiger partial charge in [-0.2, -0.15) is 0 Å². The fraction of sp³-hybridized carbons (Fsp3) is 0.143. The fourth-order valence-electron chi connectivity index (χ4n) is 3.59. The largest absolute Gasteiger partial charge is 0.497 e. The molecule has 1 aliphatic rings. The Hall–Kier alpha value is -2.98. The van der Waals surface area contributed by atoms with Gasteiger partial charge >= 0.3 is 0 Å². The number of aromatic nitrogens is 1. The number of hydrogen-bond donors (Lipinski definition) is 1. The van der Waals surface area contributed by atoms with Crippen molar-refractivity contribution in [2.45, 2.75) is 11.5 Å². The van der Waals surface area contributed by atoms with Crippen molar-refractivity contribution in [2.75, 3.05) is 7.11 Å². The molecule has 0 saturated heterocycles. The van der Waals surface area contributed by atoms with Crippen LogP contribution in [0.4, 0.5) is 0 Å². The van der Waals surface area contributed by atoms with Crippen LogP contribution in [0.2, 0.25) is 0 Å². The Morgan fingerprint density at radius 1 is 1.00 bits per heavy atom. The highest BCUT2D eigenvalue weighted by atomic mass is 16.5. The molecule has 0 fully saturated rings. The first-order valence-electron chi connectivity index (χ1n) is 8.08. The molecule has 1 aliphatic carbocycles. The maximum absolute atomic E-state index is 13.1. The third kappa shape index (κ3) is 2.26. The predicted molar refractivity (Wildman–Crippen MR) is 93.7 cm³/mol. The molecule has 0 unspecified atom stereocenters. The second-order valence-corrected chi connectivity index (χ2v) is 6.09. The summed E-state index contributed by atoms with van der Waals surface area (Å²) in [5, 5.41) is 11.8. The summed E-state index contributed by atoms with van der Waals surface area (Å²) in [4.78, 5) is 17.4. The van der Waals surface area contributed by atoms with Gasteiger partial charge in [0.1, 0.15) is 17.3 Å². The SMILES string of the molecule is COc1ccc([C@]2(O)c3ccccc3C(=O)[C@H]2c2ccccn2)cc1. The van der Waals surface area contributed by atoms with E-state index in [1.165, 1.54) is 0 Å². The lowest BCUT2D eigenvalue weighted by Gasteiger charge is -2.30. The Balaban J connectivity index is 1.95. The average Bonchev–Trinajstić information content (AvgIpc) is 2.91. The molecule has 124 valence electrons. The third-order valence-corrected chi connectivity index (χ3v) is 4.80. The van der Waals surface area contributed by atoms with Gasteiger partial charge in [-0.3, -0.25) is 9.78 Å². The van der Waals surface area contributed by atoms with Crippen LogP contribution in [0.15, 0.2) is 72.9 Å². The van der Waals surface area contributed by atoms with Crippen molar-refractivity contribution in [1.29, 1.82) is 0 Å². The van der Waals surface area contributed by atoms with Gasteiger partial charge in [0, 0.05) is 11.8 Å². The second-order valence-electron chi connectivity index (χ2n) is 6.09. The molecule has 2 aromatic carbocycles. The van der Waals surface area contributed by atoms with Crippen LogP contribution in [0.3, 0.4) is 0 Å². The highest BCUT2D eigenvalue weighted by Crippen LogP contribution is 2.50. The Labute approximate surface area is 145 Å². The molecule has 4 heteroatoms. The van der Waals surface area contributed by atoms with Crippen molar-refractivity contribution >= 4 is 5.78 Å². The Morgan fingerprint density at radius 2 is 1.72 bits per heavy atom. The van der Waals surface area contributed by atoms with Crippen molar-refractivity contribution in [3.8, 4) is 5.75 Å². The van der Waals surface area contributed by atoms with Gasteiger partial charge in [0.05, 0.1) is 12.8 Å². The lowest BCUT2D eigenvalue weighted by Crippen LogP contribution is -2.33. The van der Waals surface area contributed by atoms with Crippen molar-refractivity contribution in [3.63, 3.8) is 0 Å². The summed E-state index contributed by atoms with van der Waals surface area (Å²) in [5.41, 5.74) is 0.885. The fourth-order valence-corrected chi connectivity index (χ4v) is 3.59. The van der Waals surface area contributed by atoms with E-state index in [0.29, 0.717) is 28.1 Å². The molecule has 25 heavy (non-hydrogen) atoms. The molecule has 3 aromatic rings. The minimum atomic E-state index is -1.46. The molecule has 0 bridgehead atoms. The van der Waals surface area contributed by atoms with Crippen molar-refractivity contribution in [3.05, 3.63) is 95.3 Å². The summed E-state index contributed by atoms with van der Waals surface area (Å²) < 4.78 is 5.21. The summed E-state index contributed by atoms with van der Waals surface area (Å²) in [6, 6.07) is 19.8. The van der Waals surface area contributed by atoms with E-state index < -0.39 is 11.5 Å².